The van der Waals surface area contributed by atoms with Gasteiger partial charge >= 0.3 is 0 Å². The molecule has 0 spiro atoms. The molecule has 1 fully saturated rings. The summed E-state index contributed by atoms with van der Waals surface area (Å²) in [5.74, 6) is 0.691. The van der Waals surface area contributed by atoms with Gasteiger partial charge in [0.05, 0.1) is 12.0 Å². The Bertz CT molecular complexity index is 389. The molecule has 84 valence electrons. The summed E-state index contributed by atoms with van der Waals surface area (Å²) in [6.45, 7) is 2.13. The molecule has 0 heterocycles. The molecule has 1 aliphatic carbocycles. The molecule has 0 aromatic heterocycles. The van der Waals surface area contributed by atoms with Gasteiger partial charge in [-0.05, 0) is 31.2 Å². The largest absolute Gasteiger partial charge is 0.198 e. The van der Waals surface area contributed by atoms with Crippen LogP contribution in [0.2, 0.25) is 0 Å². The number of aryl methyl sites for hydroxylation is 1. The second kappa shape index (κ2) is 5.16. The highest BCUT2D eigenvalue weighted by molar-refractivity contribution is 5.27. The predicted molar refractivity (Wildman–Crippen MR) is 66.1 cm³/mol. The highest BCUT2D eigenvalue weighted by Gasteiger charge is 2.24. The third-order valence-corrected chi connectivity index (χ3v) is 3.65. The van der Waals surface area contributed by atoms with Crippen molar-refractivity contribution >= 4 is 0 Å². The van der Waals surface area contributed by atoms with Gasteiger partial charge in [0.15, 0.2) is 0 Å². The average Bonchev–Trinajstić information content (AvgIpc) is 2.53. The van der Waals surface area contributed by atoms with Gasteiger partial charge in [-0.3, -0.25) is 0 Å². The summed E-state index contributed by atoms with van der Waals surface area (Å²) in [5, 5.41) is 9.27. The second-order valence-electron chi connectivity index (χ2n) is 4.89. The monoisotopic (exact) mass is 213 g/mol. The summed E-state index contributed by atoms with van der Waals surface area (Å²) >= 11 is 0. The van der Waals surface area contributed by atoms with Crippen molar-refractivity contribution in [2.75, 3.05) is 0 Å². The molecule has 16 heavy (non-hydrogen) atoms. The third-order valence-electron chi connectivity index (χ3n) is 3.65. The van der Waals surface area contributed by atoms with Crippen molar-refractivity contribution in [3.63, 3.8) is 0 Å². The molecule has 0 N–H and O–H groups in total. The summed E-state index contributed by atoms with van der Waals surface area (Å²) in [5.41, 5.74) is 2.67. The molecule has 1 aromatic carbocycles. The number of hydrogen-bond acceptors (Lipinski definition) is 1. The molecule has 2 rings (SSSR count). The first-order chi connectivity index (χ1) is 7.81. The van der Waals surface area contributed by atoms with E-state index in [-0.39, 0.29) is 5.92 Å². The fraction of sp³-hybridized carbons (Fsp3) is 0.533. The maximum atomic E-state index is 9.27. The molecule has 0 radical (unpaired) electrons. The molecule has 1 nitrogen and oxygen atoms in total. The van der Waals surface area contributed by atoms with Crippen LogP contribution < -0.4 is 0 Å². The van der Waals surface area contributed by atoms with Gasteiger partial charge in [0.1, 0.15) is 0 Å². The van der Waals surface area contributed by atoms with E-state index in [9.17, 15) is 5.26 Å². The Kier molecular flexibility index (Phi) is 3.62. The van der Waals surface area contributed by atoms with Crippen LogP contribution in [0.5, 0.6) is 0 Å². The van der Waals surface area contributed by atoms with Crippen LogP contribution in [0.15, 0.2) is 24.3 Å². The summed E-state index contributed by atoms with van der Waals surface area (Å²) in [7, 11) is 0. The molecule has 1 aromatic rings. The predicted octanol–water partition coefficient (Wildman–Crippen LogP) is 4.18. The molecule has 1 saturated carbocycles. The fourth-order valence-electron chi connectivity index (χ4n) is 2.76. The van der Waals surface area contributed by atoms with Crippen LogP contribution in [0.1, 0.15) is 49.1 Å². The van der Waals surface area contributed by atoms with Crippen molar-refractivity contribution in [2.45, 2.75) is 44.9 Å². The zero-order valence-corrected chi connectivity index (χ0v) is 9.95. The molecule has 2 atom stereocenters. The van der Waals surface area contributed by atoms with Gasteiger partial charge in [-0.1, -0.05) is 49.1 Å². The van der Waals surface area contributed by atoms with Crippen molar-refractivity contribution < 1.29 is 0 Å². The highest BCUT2D eigenvalue weighted by Crippen LogP contribution is 2.36. The minimum atomic E-state index is 0.226. The Labute approximate surface area is 98.1 Å². The Morgan fingerprint density at radius 1 is 1.19 bits per heavy atom. The lowest BCUT2D eigenvalue weighted by Crippen LogP contribution is -2.09. The number of rotatable bonds is 1. The van der Waals surface area contributed by atoms with E-state index >= 15 is 0 Å². The van der Waals surface area contributed by atoms with E-state index < -0.39 is 0 Å². The van der Waals surface area contributed by atoms with Crippen LogP contribution in [0.4, 0.5) is 0 Å². The first kappa shape index (κ1) is 11.2. The van der Waals surface area contributed by atoms with Gasteiger partial charge in [-0.15, -0.1) is 0 Å². The molecule has 0 aliphatic heterocycles. The molecular weight excluding hydrogens is 194 g/mol. The highest BCUT2D eigenvalue weighted by atomic mass is 14.3. The normalized spacial score (nSPS) is 25.8. The van der Waals surface area contributed by atoms with Crippen LogP contribution in [0, 0.1) is 24.2 Å². The molecule has 1 aliphatic rings. The standard InChI is InChI=1S/C15H19N/c1-12-6-5-8-13(10-12)15-9-4-2-3-7-14(15)11-16/h5-6,8,10,14-15H,2-4,7,9H2,1H3. The molecule has 0 saturated heterocycles. The van der Waals surface area contributed by atoms with Crippen molar-refractivity contribution in [3.8, 4) is 6.07 Å². The van der Waals surface area contributed by atoms with E-state index in [0.717, 1.165) is 6.42 Å². The zero-order chi connectivity index (χ0) is 11.4. The summed E-state index contributed by atoms with van der Waals surface area (Å²) in [6.07, 6.45) is 6.05. The summed E-state index contributed by atoms with van der Waals surface area (Å²) in [6, 6.07) is 11.2. The quantitative estimate of drug-likeness (QED) is 0.642. The first-order valence-corrected chi connectivity index (χ1v) is 6.27. The van der Waals surface area contributed by atoms with Crippen LogP contribution >= 0.6 is 0 Å². The summed E-state index contributed by atoms with van der Waals surface area (Å²) < 4.78 is 0. The topological polar surface area (TPSA) is 23.8 Å². The third kappa shape index (κ3) is 2.44. The maximum absolute atomic E-state index is 9.27. The number of benzene rings is 1. The lowest BCUT2D eigenvalue weighted by molar-refractivity contribution is 0.490. The van der Waals surface area contributed by atoms with Crippen molar-refractivity contribution in [1.29, 1.82) is 5.26 Å². The van der Waals surface area contributed by atoms with Crippen molar-refractivity contribution in [2.24, 2.45) is 5.92 Å². The van der Waals surface area contributed by atoms with E-state index in [1.807, 2.05) is 0 Å². The van der Waals surface area contributed by atoms with Gasteiger partial charge in [-0.2, -0.15) is 5.26 Å². The number of nitrogens with zero attached hydrogens (tertiary/aromatic N) is 1. The molecule has 2 unspecified atom stereocenters. The van der Waals surface area contributed by atoms with Crippen LogP contribution in [0.3, 0.4) is 0 Å². The van der Waals surface area contributed by atoms with Gasteiger partial charge in [0.2, 0.25) is 0 Å². The van der Waals surface area contributed by atoms with Crippen LogP contribution in [-0.2, 0) is 0 Å². The fourth-order valence-corrected chi connectivity index (χ4v) is 2.76. The average molecular weight is 213 g/mol. The molecule has 0 bridgehead atoms. The Morgan fingerprint density at radius 3 is 2.75 bits per heavy atom. The second-order valence-corrected chi connectivity index (χ2v) is 4.89. The summed E-state index contributed by atoms with van der Waals surface area (Å²) in [4.78, 5) is 0. The molecule has 1 heteroatoms. The lowest BCUT2D eigenvalue weighted by Gasteiger charge is -2.20. The zero-order valence-electron chi connectivity index (χ0n) is 9.95. The Hall–Kier alpha value is -1.29. The number of nitriles is 1. The van der Waals surface area contributed by atoms with Gasteiger partial charge in [-0.25, -0.2) is 0 Å². The van der Waals surface area contributed by atoms with Crippen molar-refractivity contribution in [3.05, 3.63) is 35.4 Å². The van der Waals surface area contributed by atoms with Gasteiger partial charge in [0.25, 0.3) is 0 Å². The van der Waals surface area contributed by atoms with E-state index in [0.29, 0.717) is 5.92 Å². The van der Waals surface area contributed by atoms with Crippen LogP contribution in [-0.4, -0.2) is 0 Å². The Morgan fingerprint density at radius 2 is 2.00 bits per heavy atom. The minimum Gasteiger partial charge on any atom is -0.198 e. The van der Waals surface area contributed by atoms with Gasteiger partial charge in [0, 0.05) is 0 Å². The first-order valence-electron chi connectivity index (χ1n) is 6.27. The maximum Gasteiger partial charge on any atom is 0.0662 e. The van der Waals surface area contributed by atoms with E-state index in [2.05, 4.69) is 37.3 Å². The molecule has 0 amide bonds. The van der Waals surface area contributed by atoms with Crippen molar-refractivity contribution in [1.82, 2.24) is 0 Å². The number of hydrogen-bond donors (Lipinski definition) is 0. The van der Waals surface area contributed by atoms with Gasteiger partial charge < -0.3 is 0 Å². The van der Waals surface area contributed by atoms with E-state index in [1.54, 1.807) is 0 Å². The SMILES string of the molecule is Cc1cccc(C2CCCCCC2C#N)c1. The molecular formula is C15H19N. The lowest BCUT2D eigenvalue weighted by atomic mass is 9.83. The van der Waals surface area contributed by atoms with E-state index in [4.69, 9.17) is 0 Å². The van der Waals surface area contributed by atoms with Crippen LogP contribution in [0.25, 0.3) is 0 Å². The Balaban J connectivity index is 2.26. The minimum absolute atomic E-state index is 0.226. The van der Waals surface area contributed by atoms with E-state index in [1.165, 1.54) is 36.8 Å². The smallest absolute Gasteiger partial charge is 0.0662 e.